The third-order valence-corrected chi connectivity index (χ3v) is 6.16. The number of nitrogens with zero attached hydrogens (tertiary/aromatic N) is 1. The maximum Gasteiger partial charge on any atom is 0.246 e. The molecule has 1 heterocycles. The van der Waals surface area contributed by atoms with Gasteiger partial charge in [-0.05, 0) is 30.0 Å². The molecular weight excluding hydrogens is 347 g/mol. The van der Waals surface area contributed by atoms with Crippen LogP contribution in [0.1, 0.15) is 20.3 Å². The van der Waals surface area contributed by atoms with Crippen LogP contribution in [0.15, 0.2) is 27.6 Å². The van der Waals surface area contributed by atoms with E-state index in [1.54, 1.807) is 0 Å². The van der Waals surface area contributed by atoms with Crippen LogP contribution in [0, 0.1) is 11.2 Å². The molecule has 112 valence electrons. The van der Waals surface area contributed by atoms with Gasteiger partial charge in [-0.1, -0.05) is 29.8 Å². The number of hydrogen-bond acceptors (Lipinski definition) is 3. The third kappa shape index (κ3) is 2.90. The standard InChI is InChI=1S/C13H18BrFN2O2S/c1-13(2)8-17(6-5-12(13)16)20(18,19)11-4-3-9(14)7-10(11)15/h3-4,7,12H,5-6,8,16H2,1-2H3. The fourth-order valence-corrected chi connectivity index (χ4v) is 4.36. The monoisotopic (exact) mass is 364 g/mol. The van der Waals surface area contributed by atoms with E-state index in [9.17, 15) is 12.8 Å². The summed E-state index contributed by atoms with van der Waals surface area (Å²) < 4.78 is 40.8. The normalized spacial score (nSPS) is 23.8. The first-order valence-corrected chi connectivity index (χ1v) is 8.59. The minimum atomic E-state index is -3.82. The van der Waals surface area contributed by atoms with Gasteiger partial charge in [0.15, 0.2) is 0 Å². The first kappa shape index (κ1) is 15.9. The average Bonchev–Trinajstić information content (AvgIpc) is 2.31. The van der Waals surface area contributed by atoms with Gasteiger partial charge >= 0.3 is 0 Å². The summed E-state index contributed by atoms with van der Waals surface area (Å²) in [7, 11) is -3.82. The summed E-state index contributed by atoms with van der Waals surface area (Å²) in [6.45, 7) is 4.48. The van der Waals surface area contributed by atoms with E-state index in [1.165, 1.54) is 16.4 Å². The molecule has 0 bridgehead atoms. The van der Waals surface area contributed by atoms with Crippen molar-refractivity contribution in [2.24, 2.45) is 11.1 Å². The van der Waals surface area contributed by atoms with Crippen LogP contribution in [0.5, 0.6) is 0 Å². The van der Waals surface area contributed by atoms with Gasteiger partial charge in [-0.25, -0.2) is 12.8 Å². The number of sulfonamides is 1. The first-order chi connectivity index (χ1) is 9.14. The van der Waals surface area contributed by atoms with Gasteiger partial charge in [0, 0.05) is 23.6 Å². The lowest BCUT2D eigenvalue weighted by molar-refractivity contribution is 0.155. The Morgan fingerprint density at radius 3 is 2.65 bits per heavy atom. The summed E-state index contributed by atoms with van der Waals surface area (Å²) in [4.78, 5) is -0.285. The van der Waals surface area contributed by atoms with Gasteiger partial charge in [-0.3, -0.25) is 0 Å². The van der Waals surface area contributed by atoms with Gasteiger partial charge in [0.2, 0.25) is 10.0 Å². The lowest BCUT2D eigenvalue weighted by Gasteiger charge is -2.41. The Hall–Kier alpha value is -0.500. The van der Waals surface area contributed by atoms with Crippen LogP contribution in [0.4, 0.5) is 4.39 Å². The highest BCUT2D eigenvalue weighted by molar-refractivity contribution is 9.10. The third-order valence-electron chi connectivity index (χ3n) is 3.79. The van der Waals surface area contributed by atoms with Crippen molar-refractivity contribution in [3.8, 4) is 0 Å². The molecule has 0 radical (unpaired) electrons. The second-order valence-corrected chi connectivity index (χ2v) is 8.62. The summed E-state index contributed by atoms with van der Waals surface area (Å²) in [5, 5.41) is 0. The summed E-state index contributed by atoms with van der Waals surface area (Å²) >= 11 is 3.12. The van der Waals surface area contributed by atoms with E-state index < -0.39 is 15.8 Å². The summed E-state index contributed by atoms with van der Waals surface area (Å²) in [5.41, 5.74) is 5.68. The fraction of sp³-hybridized carbons (Fsp3) is 0.538. The largest absolute Gasteiger partial charge is 0.327 e. The zero-order valence-corrected chi connectivity index (χ0v) is 13.8. The molecule has 0 saturated carbocycles. The quantitative estimate of drug-likeness (QED) is 0.875. The number of piperidine rings is 1. The number of hydrogen-bond donors (Lipinski definition) is 1. The van der Waals surface area contributed by atoms with Crippen LogP contribution in [0.3, 0.4) is 0 Å². The molecule has 2 N–H and O–H groups in total. The summed E-state index contributed by atoms with van der Waals surface area (Å²) in [5.74, 6) is -0.743. The minimum Gasteiger partial charge on any atom is -0.327 e. The molecule has 0 aromatic heterocycles. The number of rotatable bonds is 2. The molecular formula is C13H18BrFN2O2S. The van der Waals surface area contributed by atoms with Crippen molar-refractivity contribution in [2.45, 2.75) is 31.2 Å². The van der Waals surface area contributed by atoms with Gasteiger partial charge in [0.25, 0.3) is 0 Å². The average molecular weight is 365 g/mol. The van der Waals surface area contributed by atoms with Gasteiger partial charge in [0.05, 0.1) is 0 Å². The lowest BCUT2D eigenvalue weighted by atomic mass is 9.81. The molecule has 1 aromatic carbocycles. The van der Waals surface area contributed by atoms with Crippen LogP contribution in [0.2, 0.25) is 0 Å². The Morgan fingerprint density at radius 1 is 1.45 bits per heavy atom. The van der Waals surface area contributed by atoms with E-state index in [1.807, 2.05) is 13.8 Å². The predicted molar refractivity (Wildman–Crippen MR) is 79.2 cm³/mol. The van der Waals surface area contributed by atoms with Crippen molar-refractivity contribution >= 4 is 26.0 Å². The van der Waals surface area contributed by atoms with E-state index in [0.29, 0.717) is 24.0 Å². The summed E-state index contributed by atoms with van der Waals surface area (Å²) in [6.07, 6.45) is 0.574. The van der Waals surface area contributed by atoms with Crippen molar-refractivity contribution in [1.29, 1.82) is 0 Å². The van der Waals surface area contributed by atoms with E-state index in [4.69, 9.17) is 5.73 Å². The molecule has 7 heteroatoms. The van der Waals surface area contributed by atoms with Crippen molar-refractivity contribution in [3.05, 3.63) is 28.5 Å². The molecule has 0 amide bonds. The highest BCUT2D eigenvalue weighted by atomic mass is 79.9. The highest BCUT2D eigenvalue weighted by Crippen LogP contribution is 2.32. The van der Waals surface area contributed by atoms with Crippen LogP contribution in [-0.4, -0.2) is 31.9 Å². The summed E-state index contributed by atoms with van der Waals surface area (Å²) in [6, 6.07) is 3.92. The fourth-order valence-electron chi connectivity index (χ4n) is 2.35. The Morgan fingerprint density at radius 2 is 2.10 bits per heavy atom. The Balaban J connectivity index is 2.36. The maximum absolute atomic E-state index is 13.9. The van der Waals surface area contributed by atoms with Crippen molar-refractivity contribution < 1.29 is 12.8 Å². The van der Waals surface area contributed by atoms with E-state index >= 15 is 0 Å². The Labute approximate surface area is 127 Å². The van der Waals surface area contributed by atoms with Crippen LogP contribution in [-0.2, 0) is 10.0 Å². The molecule has 1 aromatic rings. The lowest BCUT2D eigenvalue weighted by Crippen LogP contribution is -2.53. The first-order valence-electron chi connectivity index (χ1n) is 6.35. The van der Waals surface area contributed by atoms with E-state index in [0.717, 1.165) is 6.07 Å². The molecule has 1 aliphatic heterocycles. The second-order valence-electron chi connectivity index (χ2n) is 5.80. The topological polar surface area (TPSA) is 63.4 Å². The van der Waals surface area contributed by atoms with Crippen LogP contribution >= 0.6 is 15.9 Å². The van der Waals surface area contributed by atoms with Gasteiger partial charge in [-0.2, -0.15) is 4.31 Å². The zero-order chi connectivity index (χ0) is 15.1. The highest BCUT2D eigenvalue weighted by Gasteiger charge is 2.39. The second kappa shape index (κ2) is 5.36. The molecule has 4 nitrogen and oxygen atoms in total. The smallest absolute Gasteiger partial charge is 0.246 e. The zero-order valence-electron chi connectivity index (χ0n) is 11.4. The molecule has 2 rings (SSSR count). The molecule has 1 fully saturated rings. The Bertz CT molecular complexity index is 619. The maximum atomic E-state index is 13.9. The predicted octanol–water partition coefficient (Wildman–Crippen LogP) is 2.34. The molecule has 1 atom stereocenters. The molecule has 20 heavy (non-hydrogen) atoms. The van der Waals surface area contributed by atoms with Crippen LogP contribution in [0.25, 0.3) is 0 Å². The number of nitrogens with two attached hydrogens (primary N) is 1. The minimum absolute atomic E-state index is 0.0521. The van der Waals surface area contributed by atoms with Gasteiger partial charge < -0.3 is 5.73 Å². The molecule has 1 aliphatic rings. The Kier molecular flexibility index (Phi) is 4.26. The van der Waals surface area contributed by atoms with Crippen molar-refractivity contribution in [3.63, 3.8) is 0 Å². The molecule has 1 unspecified atom stereocenters. The van der Waals surface area contributed by atoms with Crippen LogP contribution < -0.4 is 5.73 Å². The SMILES string of the molecule is CC1(C)CN(S(=O)(=O)c2ccc(Br)cc2F)CCC1N. The molecule has 0 spiro atoms. The van der Waals surface area contributed by atoms with Gasteiger partial charge in [0.1, 0.15) is 10.7 Å². The van der Waals surface area contributed by atoms with E-state index in [-0.39, 0.29) is 16.4 Å². The number of benzene rings is 1. The van der Waals surface area contributed by atoms with Gasteiger partial charge in [-0.15, -0.1) is 0 Å². The van der Waals surface area contributed by atoms with Crippen molar-refractivity contribution in [1.82, 2.24) is 4.31 Å². The molecule has 0 aliphatic carbocycles. The molecule has 1 saturated heterocycles. The van der Waals surface area contributed by atoms with E-state index in [2.05, 4.69) is 15.9 Å². The van der Waals surface area contributed by atoms with Crippen molar-refractivity contribution in [2.75, 3.05) is 13.1 Å². The number of halogens is 2.